The summed E-state index contributed by atoms with van der Waals surface area (Å²) in [5, 5.41) is 14.0. The number of amides is 1. The highest BCUT2D eigenvalue weighted by Gasteiger charge is 2.25. The molecule has 0 aliphatic carbocycles. The number of pyridine rings is 1. The monoisotopic (exact) mass is 291 g/mol. The zero-order valence-electron chi connectivity index (χ0n) is 11.9. The smallest absolute Gasteiger partial charge is 0.358 e. The quantitative estimate of drug-likeness (QED) is 0.637. The van der Waals surface area contributed by atoms with Crippen LogP contribution in [0.4, 0.5) is 11.6 Å². The molecule has 0 fully saturated rings. The van der Waals surface area contributed by atoms with Crippen molar-refractivity contribution in [3.05, 3.63) is 34.5 Å². The highest BCUT2D eigenvalue weighted by molar-refractivity contribution is 5.82. The minimum Gasteiger partial charge on any atom is -0.358 e. The molecule has 0 saturated carbocycles. The van der Waals surface area contributed by atoms with Gasteiger partial charge in [0.05, 0.1) is 12.7 Å². The summed E-state index contributed by atoms with van der Waals surface area (Å²) in [6.45, 7) is 2.56. The molecule has 0 radical (unpaired) electrons. The molecular formula is C13H17N5O3. The number of rotatable bonds is 6. The van der Waals surface area contributed by atoms with Crippen LogP contribution in [0, 0.1) is 10.1 Å². The van der Waals surface area contributed by atoms with Crippen molar-refractivity contribution in [2.45, 2.75) is 13.3 Å². The van der Waals surface area contributed by atoms with Gasteiger partial charge in [-0.1, -0.05) is 13.0 Å². The molecule has 2 heterocycles. The number of nitro groups is 1. The lowest BCUT2D eigenvalue weighted by Gasteiger charge is -2.15. The molecule has 0 atom stereocenters. The third kappa shape index (κ3) is 3.10. The Kier molecular flexibility index (Phi) is 4.36. The summed E-state index contributed by atoms with van der Waals surface area (Å²) in [4.78, 5) is 28.2. The van der Waals surface area contributed by atoms with Crippen molar-refractivity contribution in [3.8, 4) is 0 Å². The van der Waals surface area contributed by atoms with Crippen molar-refractivity contribution in [1.29, 1.82) is 0 Å². The van der Waals surface area contributed by atoms with Gasteiger partial charge < -0.3 is 20.3 Å². The second-order valence-corrected chi connectivity index (χ2v) is 4.65. The van der Waals surface area contributed by atoms with Crippen LogP contribution in [0.15, 0.2) is 24.4 Å². The number of carbonyl (C=O) groups excluding carboxylic acids is 1. The number of imidazole rings is 1. The second-order valence-electron chi connectivity index (χ2n) is 4.65. The first-order valence-electron chi connectivity index (χ1n) is 6.64. The van der Waals surface area contributed by atoms with Crippen LogP contribution in [0.1, 0.15) is 13.3 Å². The van der Waals surface area contributed by atoms with Crippen LogP contribution in [0.2, 0.25) is 0 Å². The molecule has 0 saturated heterocycles. The fraction of sp³-hybridized carbons (Fsp3) is 0.385. The first kappa shape index (κ1) is 14.8. The lowest BCUT2D eigenvalue weighted by Crippen LogP contribution is -2.35. The number of fused-ring (bicyclic) bond motifs is 1. The van der Waals surface area contributed by atoms with E-state index in [0.29, 0.717) is 12.2 Å². The van der Waals surface area contributed by atoms with E-state index in [0.717, 1.165) is 6.42 Å². The number of aromatic nitrogens is 2. The third-order valence-corrected chi connectivity index (χ3v) is 2.97. The van der Waals surface area contributed by atoms with Crippen molar-refractivity contribution in [2.75, 3.05) is 25.0 Å². The van der Waals surface area contributed by atoms with E-state index in [9.17, 15) is 14.9 Å². The Hall–Kier alpha value is -2.64. The van der Waals surface area contributed by atoms with Gasteiger partial charge in [-0.05, 0) is 17.4 Å². The van der Waals surface area contributed by atoms with Gasteiger partial charge in [-0.3, -0.25) is 4.79 Å². The van der Waals surface area contributed by atoms with Gasteiger partial charge in [0.2, 0.25) is 17.4 Å². The van der Waals surface area contributed by atoms with Gasteiger partial charge in [-0.15, -0.1) is 0 Å². The van der Waals surface area contributed by atoms with Crippen molar-refractivity contribution in [3.63, 3.8) is 0 Å². The SMILES string of the molecule is CCCNC(=O)CN(C)c1nc2ccccn2c1[N+](=O)[O-]. The van der Waals surface area contributed by atoms with Crippen LogP contribution in [-0.4, -0.2) is 40.4 Å². The first-order chi connectivity index (χ1) is 10.0. The Morgan fingerprint density at radius 2 is 2.29 bits per heavy atom. The molecule has 0 aromatic carbocycles. The molecule has 8 heteroatoms. The summed E-state index contributed by atoms with van der Waals surface area (Å²) in [5.41, 5.74) is 0.472. The molecule has 0 aliphatic heterocycles. The maximum Gasteiger partial charge on any atom is 0.372 e. The Labute approximate surface area is 121 Å². The Morgan fingerprint density at radius 3 is 2.95 bits per heavy atom. The van der Waals surface area contributed by atoms with Crippen LogP contribution in [-0.2, 0) is 4.79 Å². The predicted molar refractivity (Wildman–Crippen MR) is 78.4 cm³/mol. The molecule has 1 amide bonds. The maximum atomic E-state index is 11.7. The minimum atomic E-state index is -0.490. The summed E-state index contributed by atoms with van der Waals surface area (Å²) in [6, 6.07) is 5.13. The number of hydrogen-bond donors (Lipinski definition) is 1. The third-order valence-electron chi connectivity index (χ3n) is 2.97. The Balaban J connectivity index is 2.30. The van der Waals surface area contributed by atoms with Gasteiger partial charge in [-0.2, -0.15) is 9.38 Å². The maximum absolute atomic E-state index is 11.7. The van der Waals surface area contributed by atoms with Gasteiger partial charge in [0, 0.05) is 19.7 Å². The predicted octanol–water partition coefficient (Wildman–Crippen LogP) is 1.20. The number of hydrogen-bond acceptors (Lipinski definition) is 5. The molecule has 2 aromatic rings. The van der Waals surface area contributed by atoms with Crippen LogP contribution in [0.25, 0.3) is 5.65 Å². The molecule has 0 bridgehead atoms. The largest absolute Gasteiger partial charge is 0.372 e. The highest BCUT2D eigenvalue weighted by Crippen LogP contribution is 2.27. The molecule has 0 unspecified atom stereocenters. The van der Waals surface area contributed by atoms with E-state index in [1.165, 1.54) is 9.30 Å². The summed E-state index contributed by atoms with van der Waals surface area (Å²) >= 11 is 0. The topological polar surface area (TPSA) is 92.8 Å². The molecule has 0 spiro atoms. The van der Waals surface area contributed by atoms with E-state index in [1.54, 1.807) is 31.4 Å². The number of nitrogens with zero attached hydrogens (tertiary/aromatic N) is 4. The fourth-order valence-electron chi connectivity index (χ4n) is 2.01. The Bertz CT molecular complexity index is 667. The van der Waals surface area contributed by atoms with E-state index in [4.69, 9.17) is 0 Å². The lowest BCUT2D eigenvalue weighted by atomic mass is 10.4. The van der Waals surface area contributed by atoms with Crippen LogP contribution in [0.5, 0.6) is 0 Å². The molecule has 2 aromatic heterocycles. The molecule has 2 rings (SSSR count). The number of carbonyl (C=O) groups is 1. The molecule has 1 N–H and O–H groups in total. The summed E-state index contributed by atoms with van der Waals surface area (Å²) in [6.07, 6.45) is 2.42. The van der Waals surface area contributed by atoms with E-state index < -0.39 is 4.92 Å². The van der Waals surface area contributed by atoms with Crippen LogP contribution >= 0.6 is 0 Å². The van der Waals surface area contributed by atoms with Crippen molar-refractivity contribution < 1.29 is 9.72 Å². The highest BCUT2D eigenvalue weighted by atomic mass is 16.6. The van der Waals surface area contributed by atoms with Gasteiger partial charge in [0.15, 0.2) is 0 Å². The molecule has 0 aliphatic rings. The first-order valence-corrected chi connectivity index (χ1v) is 6.64. The molecule has 112 valence electrons. The minimum absolute atomic E-state index is 0.0186. The van der Waals surface area contributed by atoms with Gasteiger partial charge in [0.1, 0.15) is 0 Å². The van der Waals surface area contributed by atoms with E-state index in [-0.39, 0.29) is 24.1 Å². The van der Waals surface area contributed by atoms with Gasteiger partial charge in [0.25, 0.3) is 0 Å². The number of nitrogens with one attached hydrogen (secondary N) is 1. The number of likely N-dealkylation sites (N-methyl/N-ethyl adjacent to an activating group) is 1. The normalized spacial score (nSPS) is 10.6. The average Bonchev–Trinajstić information content (AvgIpc) is 2.84. The number of anilines is 1. The zero-order chi connectivity index (χ0) is 15.4. The average molecular weight is 291 g/mol. The van der Waals surface area contributed by atoms with Crippen LogP contribution in [0.3, 0.4) is 0 Å². The van der Waals surface area contributed by atoms with Crippen molar-refractivity contribution in [2.24, 2.45) is 0 Å². The van der Waals surface area contributed by atoms with Gasteiger partial charge >= 0.3 is 5.82 Å². The zero-order valence-corrected chi connectivity index (χ0v) is 11.9. The lowest BCUT2D eigenvalue weighted by molar-refractivity contribution is -0.389. The molecule has 21 heavy (non-hydrogen) atoms. The Morgan fingerprint density at radius 1 is 1.52 bits per heavy atom. The van der Waals surface area contributed by atoms with Crippen molar-refractivity contribution >= 4 is 23.2 Å². The standard InChI is InChI=1S/C13H17N5O3/c1-3-7-14-11(19)9-16(2)12-13(18(20)21)17-8-5-4-6-10(17)15-12/h4-6,8H,3,7,9H2,1-2H3,(H,14,19). The molecule has 8 nitrogen and oxygen atoms in total. The molecular weight excluding hydrogens is 274 g/mol. The van der Waals surface area contributed by atoms with Crippen LogP contribution < -0.4 is 10.2 Å². The van der Waals surface area contributed by atoms with Gasteiger partial charge in [-0.25, -0.2) is 0 Å². The fourth-order valence-corrected chi connectivity index (χ4v) is 2.01. The summed E-state index contributed by atoms with van der Waals surface area (Å²) < 4.78 is 1.40. The van der Waals surface area contributed by atoms with E-state index >= 15 is 0 Å². The van der Waals surface area contributed by atoms with Crippen molar-refractivity contribution in [1.82, 2.24) is 14.7 Å². The summed E-state index contributed by atoms with van der Waals surface area (Å²) in [7, 11) is 1.61. The van der Waals surface area contributed by atoms with E-state index in [2.05, 4.69) is 10.3 Å². The van der Waals surface area contributed by atoms with E-state index in [1.807, 2.05) is 6.92 Å². The second kappa shape index (κ2) is 6.21. The summed E-state index contributed by atoms with van der Waals surface area (Å²) in [5.74, 6) is -0.153.